The number of carbonyl (C=O) groups excluding carboxylic acids is 2. The molecule has 1 heterocycles. The van der Waals surface area contributed by atoms with E-state index in [0.717, 1.165) is 11.0 Å². The lowest BCUT2D eigenvalue weighted by Crippen LogP contribution is -2.20. The number of allylic oxidation sites excluding steroid dienone is 1. The number of H-pyrrole nitrogens is 1. The van der Waals surface area contributed by atoms with E-state index in [9.17, 15) is 14.9 Å². The lowest BCUT2D eigenvalue weighted by Gasteiger charge is -2.07. The minimum atomic E-state index is -0.655. The summed E-state index contributed by atoms with van der Waals surface area (Å²) >= 11 is 11.8. The number of rotatable bonds is 6. The molecule has 4 rings (SSSR count). The highest BCUT2D eigenvalue weighted by Crippen LogP contribution is 2.25. The fourth-order valence-corrected chi connectivity index (χ4v) is 3.40. The van der Waals surface area contributed by atoms with Crippen molar-refractivity contribution in [3.63, 3.8) is 0 Å². The molecule has 1 aromatic heterocycles. The van der Waals surface area contributed by atoms with Crippen molar-refractivity contribution in [1.29, 1.82) is 5.26 Å². The number of ether oxygens (including phenoxy) is 1. The molecule has 0 radical (unpaired) electrons. The third-order valence-electron chi connectivity index (χ3n) is 4.76. The van der Waals surface area contributed by atoms with Gasteiger partial charge in [-0.1, -0.05) is 47.5 Å². The number of hydrogen-bond donors (Lipinski definition) is 2. The Morgan fingerprint density at radius 1 is 1.06 bits per heavy atom. The number of nitriles is 1. The molecule has 0 unspecified atom stereocenters. The highest BCUT2D eigenvalue weighted by molar-refractivity contribution is 6.42. The number of fused-ring (bicyclic) bond motifs is 1. The normalized spacial score (nSPS) is 11.1. The molecule has 4 aromatic rings. The predicted octanol–water partition coefficient (Wildman–Crippen LogP) is 5.73. The number of esters is 1. The van der Waals surface area contributed by atoms with E-state index in [2.05, 4.69) is 21.4 Å². The van der Waals surface area contributed by atoms with Crippen molar-refractivity contribution in [3.05, 3.63) is 93.7 Å². The number of benzene rings is 3. The summed E-state index contributed by atoms with van der Waals surface area (Å²) in [6.07, 6.45) is 1.66. The van der Waals surface area contributed by atoms with Crippen molar-refractivity contribution < 1.29 is 14.3 Å². The van der Waals surface area contributed by atoms with Crippen LogP contribution < -0.4 is 5.32 Å². The Bertz CT molecular complexity index is 1420. The molecular formula is C25H16Cl2N4O3. The Hall–Kier alpha value is -4.12. The standard InChI is InChI=1S/C25H16Cl2N4O3/c26-19-10-9-18(12-20(19)27)29-23(32)14-34-25(33)16-7-5-15(6-8-16)11-17(13-28)24-30-21-3-1-2-4-22(21)31-24/h1-12H,14H2,(H,29,32)(H,30,31). The van der Waals surface area contributed by atoms with E-state index >= 15 is 0 Å². The van der Waals surface area contributed by atoms with Crippen molar-refractivity contribution >= 4 is 63.4 Å². The van der Waals surface area contributed by atoms with Crippen LogP contribution in [-0.4, -0.2) is 28.5 Å². The molecular weight excluding hydrogens is 475 g/mol. The van der Waals surface area contributed by atoms with E-state index in [1.165, 1.54) is 6.07 Å². The van der Waals surface area contributed by atoms with Crippen LogP contribution in [0.3, 0.4) is 0 Å². The molecule has 0 saturated carbocycles. The summed E-state index contributed by atoms with van der Waals surface area (Å²) < 4.78 is 5.07. The number of para-hydroxylation sites is 2. The van der Waals surface area contributed by atoms with Crippen molar-refractivity contribution in [2.45, 2.75) is 0 Å². The van der Waals surface area contributed by atoms with Crippen LogP contribution in [0.5, 0.6) is 0 Å². The van der Waals surface area contributed by atoms with Crippen LogP contribution in [-0.2, 0) is 9.53 Å². The summed E-state index contributed by atoms with van der Waals surface area (Å²) in [6.45, 7) is -0.467. The molecule has 0 aliphatic rings. The highest BCUT2D eigenvalue weighted by Gasteiger charge is 2.12. The van der Waals surface area contributed by atoms with Crippen LogP contribution in [0.1, 0.15) is 21.7 Å². The third-order valence-corrected chi connectivity index (χ3v) is 5.50. The van der Waals surface area contributed by atoms with Crippen LogP contribution in [0.2, 0.25) is 10.0 Å². The summed E-state index contributed by atoms with van der Waals surface area (Å²) in [5.74, 6) is -0.714. The van der Waals surface area contributed by atoms with Gasteiger partial charge in [-0.2, -0.15) is 5.26 Å². The minimum Gasteiger partial charge on any atom is -0.452 e. The van der Waals surface area contributed by atoms with Crippen molar-refractivity contribution in [1.82, 2.24) is 9.97 Å². The number of hydrogen-bond acceptors (Lipinski definition) is 5. The van der Waals surface area contributed by atoms with Gasteiger partial charge in [-0.05, 0) is 54.1 Å². The maximum atomic E-state index is 12.3. The Kier molecular flexibility index (Phi) is 6.93. The summed E-state index contributed by atoms with van der Waals surface area (Å²) in [7, 11) is 0. The number of imidazole rings is 1. The second-order valence-electron chi connectivity index (χ2n) is 7.15. The average Bonchev–Trinajstić information content (AvgIpc) is 3.28. The zero-order valence-corrected chi connectivity index (χ0v) is 19.0. The first-order chi connectivity index (χ1) is 16.4. The Labute approximate surface area is 204 Å². The SMILES string of the molecule is N#CC(=Cc1ccc(C(=O)OCC(=O)Nc2ccc(Cl)c(Cl)c2)cc1)c1nc2ccccc2[nH]1. The van der Waals surface area contributed by atoms with E-state index in [-0.39, 0.29) is 5.56 Å². The molecule has 0 saturated heterocycles. The molecule has 0 fully saturated rings. The van der Waals surface area contributed by atoms with Gasteiger partial charge in [-0.15, -0.1) is 0 Å². The second-order valence-corrected chi connectivity index (χ2v) is 7.96. The van der Waals surface area contributed by atoms with Gasteiger partial charge >= 0.3 is 5.97 Å². The number of nitrogens with zero attached hydrogens (tertiary/aromatic N) is 2. The van der Waals surface area contributed by atoms with Gasteiger partial charge in [-0.3, -0.25) is 4.79 Å². The van der Waals surface area contributed by atoms with Crippen LogP contribution >= 0.6 is 23.2 Å². The summed E-state index contributed by atoms with van der Waals surface area (Å²) in [5, 5.41) is 12.8. The number of amides is 1. The van der Waals surface area contributed by atoms with Crippen LogP contribution in [0.4, 0.5) is 5.69 Å². The lowest BCUT2D eigenvalue weighted by atomic mass is 10.1. The Morgan fingerprint density at radius 3 is 2.53 bits per heavy atom. The van der Waals surface area contributed by atoms with E-state index in [0.29, 0.717) is 32.7 Å². The average molecular weight is 491 g/mol. The second kappa shape index (κ2) is 10.2. The number of nitrogens with one attached hydrogen (secondary N) is 2. The summed E-state index contributed by atoms with van der Waals surface area (Å²) in [5.41, 5.74) is 3.35. The Morgan fingerprint density at radius 2 is 1.82 bits per heavy atom. The predicted molar refractivity (Wildman–Crippen MR) is 131 cm³/mol. The number of anilines is 1. The zero-order chi connectivity index (χ0) is 24.1. The number of aromatic amines is 1. The molecule has 2 N–H and O–H groups in total. The molecule has 0 aliphatic heterocycles. The molecule has 0 aliphatic carbocycles. The lowest BCUT2D eigenvalue weighted by molar-refractivity contribution is -0.119. The van der Waals surface area contributed by atoms with Gasteiger partial charge in [0, 0.05) is 5.69 Å². The third kappa shape index (κ3) is 5.44. The van der Waals surface area contributed by atoms with Gasteiger partial charge in [0.05, 0.1) is 32.2 Å². The van der Waals surface area contributed by atoms with Gasteiger partial charge in [0.25, 0.3) is 5.91 Å². The van der Waals surface area contributed by atoms with Crippen molar-refractivity contribution in [2.24, 2.45) is 0 Å². The number of aromatic nitrogens is 2. The van der Waals surface area contributed by atoms with Gasteiger partial charge in [0.15, 0.2) is 6.61 Å². The van der Waals surface area contributed by atoms with Gasteiger partial charge in [-0.25, -0.2) is 9.78 Å². The first kappa shape index (κ1) is 23.1. The van der Waals surface area contributed by atoms with Gasteiger partial charge in [0.2, 0.25) is 0 Å². The molecule has 0 bridgehead atoms. The first-order valence-electron chi connectivity index (χ1n) is 10.0. The smallest absolute Gasteiger partial charge is 0.338 e. The van der Waals surface area contributed by atoms with E-state index < -0.39 is 18.5 Å². The molecule has 34 heavy (non-hydrogen) atoms. The number of halogens is 2. The van der Waals surface area contributed by atoms with Crippen molar-refractivity contribution in [2.75, 3.05) is 11.9 Å². The first-order valence-corrected chi connectivity index (χ1v) is 10.8. The molecule has 3 aromatic carbocycles. The van der Waals surface area contributed by atoms with Gasteiger partial charge < -0.3 is 15.0 Å². The fourth-order valence-electron chi connectivity index (χ4n) is 3.10. The molecule has 0 spiro atoms. The van der Waals surface area contributed by atoms with Crippen LogP contribution in [0.15, 0.2) is 66.7 Å². The number of carbonyl (C=O) groups is 2. The molecule has 0 atom stereocenters. The highest BCUT2D eigenvalue weighted by atomic mass is 35.5. The van der Waals surface area contributed by atoms with Gasteiger partial charge in [0.1, 0.15) is 11.9 Å². The van der Waals surface area contributed by atoms with E-state index in [1.54, 1.807) is 42.5 Å². The fraction of sp³-hybridized carbons (Fsp3) is 0.0400. The van der Waals surface area contributed by atoms with E-state index in [4.69, 9.17) is 27.9 Å². The monoisotopic (exact) mass is 490 g/mol. The van der Waals surface area contributed by atoms with Crippen LogP contribution in [0.25, 0.3) is 22.7 Å². The molecule has 9 heteroatoms. The molecule has 168 valence electrons. The largest absolute Gasteiger partial charge is 0.452 e. The quantitative estimate of drug-likeness (QED) is 0.265. The topological polar surface area (TPSA) is 108 Å². The minimum absolute atomic E-state index is 0.265. The molecule has 7 nitrogen and oxygen atoms in total. The zero-order valence-electron chi connectivity index (χ0n) is 17.5. The summed E-state index contributed by atoms with van der Waals surface area (Å²) in [6, 6.07) is 20.7. The molecule has 1 amide bonds. The van der Waals surface area contributed by atoms with Crippen LogP contribution in [0, 0.1) is 11.3 Å². The van der Waals surface area contributed by atoms with Crippen molar-refractivity contribution in [3.8, 4) is 6.07 Å². The maximum absolute atomic E-state index is 12.3. The van der Waals surface area contributed by atoms with E-state index in [1.807, 2.05) is 24.3 Å². The maximum Gasteiger partial charge on any atom is 0.338 e. The summed E-state index contributed by atoms with van der Waals surface area (Å²) in [4.78, 5) is 31.9. The Balaban J connectivity index is 1.38.